The van der Waals surface area contributed by atoms with Crippen LogP contribution in [0.15, 0.2) is 67.0 Å². The number of ether oxygens (including phenoxy) is 1. The summed E-state index contributed by atoms with van der Waals surface area (Å²) in [5.41, 5.74) is 1.68. The van der Waals surface area contributed by atoms with Crippen molar-refractivity contribution in [2.24, 2.45) is 0 Å². The Labute approximate surface area is 144 Å². The highest BCUT2D eigenvalue weighted by Gasteiger charge is 2.17. The average molecular weight is 333 g/mol. The maximum absolute atomic E-state index is 12.8. The summed E-state index contributed by atoms with van der Waals surface area (Å²) < 4.78 is 4.75. The number of carbonyl (C=O) groups is 2. The fourth-order valence-electron chi connectivity index (χ4n) is 2.38. The maximum Gasteiger partial charge on any atom is 0.339 e. The van der Waals surface area contributed by atoms with E-state index >= 15 is 0 Å². The number of hydrogen-bond donors (Lipinski definition) is 1. The fourth-order valence-corrected chi connectivity index (χ4v) is 2.38. The van der Waals surface area contributed by atoms with Gasteiger partial charge in [0.05, 0.1) is 23.9 Å². The van der Waals surface area contributed by atoms with Crippen LogP contribution in [0.5, 0.6) is 0 Å². The van der Waals surface area contributed by atoms with Crippen molar-refractivity contribution >= 4 is 17.6 Å². The molecule has 6 heteroatoms. The lowest BCUT2D eigenvalue weighted by Crippen LogP contribution is -2.16. The van der Waals surface area contributed by atoms with E-state index in [0.717, 1.165) is 0 Å². The van der Waals surface area contributed by atoms with E-state index in [1.54, 1.807) is 60.9 Å². The van der Waals surface area contributed by atoms with Crippen molar-refractivity contribution in [1.29, 1.82) is 0 Å². The first-order valence-electron chi connectivity index (χ1n) is 7.56. The third kappa shape index (κ3) is 3.53. The molecule has 0 unspecified atom stereocenters. The number of anilines is 1. The lowest BCUT2D eigenvalue weighted by Gasteiger charge is -2.11. The van der Waals surface area contributed by atoms with Gasteiger partial charge >= 0.3 is 5.97 Å². The zero-order chi connectivity index (χ0) is 17.6. The summed E-state index contributed by atoms with van der Waals surface area (Å²) >= 11 is 0. The van der Waals surface area contributed by atoms with Crippen molar-refractivity contribution in [3.8, 4) is 11.4 Å². The zero-order valence-electron chi connectivity index (χ0n) is 13.5. The number of aromatic nitrogens is 2. The van der Waals surface area contributed by atoms with Gasteiger partial charge in [-0.2, -0.15) is 0 Å². The molecule has 0 radical (unpaired) electrons. The van der Waals surface area contributed by atoms with E-state index in [4.69, 9.17) is 4.74 Å². The van der Waals surface area contributed by atoms with Crippen LogP contribution in [-0.2, 0) is 4.74 Å². The molecule has 25 heavy (non-hydrogen) atoms. The Hall–Kier alpha value is -3.54. The minimum atomic E-state index is -0.518. The van der Waals surface area contributed by atoms with Crippen LogP contribution >= 0.6 is 0 Å². The molecule has 124 valence electrons. The average Bonchev–Trinajstić information content (AvgIpc) is 2.68. The van der Waals surface area contributed by atoms with Crippen molar-refractivity contribution in [3.63, 3.8) is 0 Å². The second-order valence-corrected chi connectivity index (χ2v) is 5.11. The van der Waals surface area contributed by atoms with Gasteiger partial charge in [-0.25, -0.2) is 14.8 Å². The quantitative estimate of drug-likeness (QED) is 0.742. The summed E-state index contributed by atoms with van der Waals surface area (Å²) in [6, 6.07) is 15.4. The molecule has 3 rings (SSSR count). The minimum absolute atomic E-state index is 0.284. The molecular weight excluding hydrogens is 318 g/mol. The number of nitrogens with zero attached hydrogens (tertiary/aromatic N) is 2. The van der Waals surface area contributed by atoms with E-state index in [1.165, 1.54) is 7.11 Å². The van der Waals surface area contributed by atoms with Crippen molar-refractivity contribution < 1.29 is 14.3 Å². The van der Waals surface area contributed by atoms with Gasteiger partial charge in [0.1, 0.15) is 0 Å². The molecule has 0 saturated heterocycles. The highest BCUT2D eigenvalue weighted by atomic mass is 16.5. The molecule has 0 aliphatic rings. The molecular formula is C19H15N3O3. The highest BCUT2D eigenvalue weighted by molar-refractivity contribution is 6.10. The van der Waals surface area contributed by atoms with Crippen LogP contribution in [0, 0.1) is 0 Å². The van der Waals surface area contributed by atoms with Crippen LogP contribution in [0.2, 0.25) is 0 Å². The summed E-state index contributed by atoms with van der Waals surface area (Å²) in [5, 5.41) is 2.76. The van der Waals surface area contributed by atoms with Gasteiger partial charge in [-0.15, -0.1) is 0 Å². The van der Waals surface area contributed by atoms with Gasteiger partial charge in [-0.1, -0.05) is 30.3 Å². The van der Waals surface area contributed by atoms with Crippen molar-refractivity contribution in [2.75, 3.05) is 12.4 Å². The smallest absolute Gasteiger partial charge is 0.339 e. The zero-order valence-corrected chi connectivity index (χ0v) is 13.5. The second-order valence-electron chi connectivity index (χ2n) is 5.11. The Kier molecular flexibility index (Phi) is 4.80. The lowest BCUT2D eigenvalue weighted by molar-refractivity contribution is 0.0602. The van der Waals surface area contributed by atoms with Gasteiger partial charge in [0.25, 0.3) is 5.91 Å². The molecule has 0 atom stereocenters. The number of para-hydroxylation sites is 1. The van der Waals surface area contributed by atoms with E-state index < -0.39 is 5.97 Å². The predicted octanol–water partition coefficient (Wildman–Crippen LogP) is 3.18. The number of hydrogen-bond acceptors (Lipinski definition) is 5. The van der Waals surface area contributed by atoms with Crippen LogP contribution in [0.4, 0.5) is 5.69 Å². The number of rotatable bonds is 4. The molecule has 0 aliphatic carbocycles. The molecule has 6 nitrogen and oxygen atoms in total. The van der Waals surface area contributed by atoms with Crippen LogP contribution < -0.4 is 5.32 Å². The summed E-state index contributed by atoms with van der Waals surface area (Å²) in [5.74, 6) is -0.426. The van der Waals surface area contributed by atoms with Crippen LogP contribution in [-0.4, -0.2) is 29.0 Å². The van der Waals surface area contributed by atoms with Crippen molar-refractivity contribution in [3.05, 3.63) is 78.1 Å². The molecule has 3 aromatic rings. The molecule has 1 amide bonds. The number of esters is 1. The number of carbonyl (C=O) groups excluding carboxylic acids is 2. The van der Waals surface area contributed by atoms with Crippen LogP contribution in [0.25, 0.3) is 11.4 Å². The van der Waals surface area contributed by atoms with Gasteiger partial charge in [0, 0.05) is 18.0 Å². The van der Waals surface area contributed by atoms with Crippen LogP contribution in [0.3, 0.4) is 0 Å². The number of benzene rings is 2. The fraction of sp³-hybridized carbons (Fsp3) is 0.0526. The van der Waals surface area contributed by atoms with Crippen molar-refractivity contribution in [1.82, 2.24) is 9.97 Å². The minimum Gasteiger partial charge on any atom is -0.465 e. The lowest BCUT2D eigenvalue weighted by atomic mass is 10.1. The number of amides is 1. The van der Waals surface area contributed by atoms with E-state index in [-0.39, 0.29) is 11.5 Å². The first-order chi connectivity index (χ1) is 12.2. The molecule has 0 spiro atoms. The van der Waals surface area contributed by atoms with Gasteiger partial charge < -0.3 is 10.1 Å². The summed E-state index contributed by atoms with van der Waals surface area (Å²) in [6.45, 7) is 0. The SMILES string of the molecule is COC(=O)c1ccccc1NC(=O)c1ccccc1-c1ncccn1. The van der Waals surface area contributed by atoms with E-state index in [0.29, 0.717) is 22.6 Å². The first-order valence-corrected chi connectivity index (χ1v) is 7.56. The molecule has 1 N–H and O–H groups in total. The van der Waals surface area contributed by atoms with Crippen molar-refractivity contribution in [2.45, 2.75) is 0 Å². The molecule has 0 bridgehead atoms. The van der Waals surface area contributed by atoms with E-state index in [9.17, 15) is 9.59 Å². The second kappa shape index (κ2) is 7.35. The monoisotopic (exact) mass is 333 g/mol. The number of methoxy groups -OCH3 is 1. The molecule has 2 aromatic carbocycles. The van der Waals surface area contributed by atoms with Gasteiger partial charge in [0.2, 0.25) is 0 Å². The summed E-state index contributed by atoms with van der Waals surface area (Å²) in [4.78, 5) is 33.0. The Morgan fingerprint density at radius 3 is 2.24 bits per heavy atom. The van der Waals surface area contributed by atoms with Gasteiger partial charge in [-0.3, -0.25) is 4.79 Å². The maximum atomic E-state index is 12.8. The Balaban J connectivity index is 1.95. The largest absolute Gasteiger partial charge is 0.465 e. The Bertz CT molecular complexity index is 911. The first kappa shape index (κ1) is 16.3. The Morgan fingerprint density at radius 1 is 0.880 bits per heavy atom. The summed E-state index contributed by atoms with van der Waals surface area (Å²) in [7, 11) is 1.29. The van der Waals surface area contributed by atoms with Crippen LogP contribution in [0.1, 0.15) is 20.7 Å². The molecule has 1 aromatic heterocycles. The van der Waals surface area contributed by atoms with E-state index in [1.807, 2.05) is 6.07 Å². The topological polar surface area (TPSA) is 81.2 Å². The molecule has 0 fully saturated rings. The standard InChI is InChI=1S/C19H15N3O3/c1-25-19(24)15-9-4-5-10-16(15)22-18(23)14-8-3-2-7-13(14)17-20-11-6-12-21-17/h2-12H,1H3,(H,22,23). The van der Waals surface area contributed by atoms with E-state index in [2.05, 4.69) is 15.3 Å². The summed E-state index contributed by atoms with van der Waals surface area (Å²) in [6.07, 6.45) is 3.23. The molecule has 0 saturated carbocycles. The highest BCUT2D eigenvalue weighted by Crippen LogP contribution is 2.22. The number of nitrogens with one attached hydrogen (secondary N) is 1. The predicted molar refractivity (Wildman–Crippen MR) is 93.2 cm³/mol. The normalized spacial score (nSPS) is 10.1. The molecule has 1 heterocycles. The Morgan fingerprint density at radius 2 is 1.52 bits per heavy atom. The third-order valence-electron chi connectivity index (χ3n) is 3.56. The van der Waals surface area contributed by atoms with Gasteiger partial charge in [-0.05, 0) is 24.3 Å². The third-order valence-corrected chi connectivity index (χ3v) is 3.56. The van der Waals surface area contributed by atoms with Gasteiger partial charge in [0.15, 0.2) is 5.82 Å². The molecule has 0 aliphatic heterocycles.